The highest BCUT2D eigenvalue weighted by molar-refractivity contribution is 7.98. The van der Waals surface area contributed by atoms with Crippen molar-refractivity contribution in [3.63, 3.8) is 0 Å². The molecule has 14 heteroatoms. The molecule has 10 nitrogen and oxygen atoms in total. The van der Waals surface area contributed by atoms with Gasteiger partial charge in [0.1, 0.15) is 6.04 Å². The number of amides is 2. The Hall–Kier alpha value is -3.36. The quantitative estimate of drug-likeness (QED) is 0.306. The van der Waals surface area contributed by atoms with E-state index in [1.54, 1.807) is 11.8 Å². The van der Waals surface area contributed by atoms with Gasteiger partial charge in [-0.1, -0.05) is 42.5 Å². The number of alkyl halides is 3. The largest absolute Gasteiger partial charge is 0.490 e. The number of nitrogens with one attached hydrogen (secondary N) is 1. The van der Waals surface area contributed by atoms with Crippen LogP contribution in [0.2, 0.25) is 0 Å². The minimum absolute atomic E-state index is 0.0204. The standard InChI is InChI=1S/C27H38N4O4S.C2HF3O2/c1-29(2)19-26(33)31-14-7-11-22(31)17-30(18-25(32)28-24(27(34)35)13-15-36-3)16-21-10-6-9-20-8-4-5-12-23(20)21;3-2(4,5)1(6)7/h4-6,8-10,12,22,24H,7,11,13-19H2,1-3H3,(H,28,32)(H,34,35);(H,6,7)/t22-,24-;/m0./s1. The molecular weight excluding hydrogens is 589 g/mol. The van der Waals surface area contributed by atoms with Gasteiger partial charge in [-0.05, 0) is 61.7 Å². The van der Waals surface area contributed by atoms with Crippen molar-refractivity contribution < 1.29 is 42.6 Å². The number of nitrogens with zero attached hydrogens (tertiary/aromatic N) is 3. The molecule has 0 aliphatic carbocycles. The molecule has 1 saturated heterocycles. The van der Waals surface area contributed by atoms with Crippen LogP contribution >= 0.6 is 11.8 Å². The van der Waals surface area contributed by atoms with E-state index in [4.69, 9.17) is 9.90 Å². The first-order valence-electron chi connectivity index (χ1n) is 13.7. The molecule has 2 atom stereocenters. The number of thioether (sulfide) groups is 1. The van der Waals surface area contributed by atoms with Gasteiger partial charge in [0.15, 0.2) is 0 Å². The SMILES string of the molecule is CSCC[C@H](NC(=O)CN(Cc1cccc2ccccc12)C[C@@H]1CCCN1C(=O)CN(C)C)C(=O)O.O=C(O)C(F)(F)F. The Bertz CT molecular complexity index is 1240. The van der Waals surface area contributed by atoms with Crippen molar-refractivity contribution in [1.82, 2.24) is 20.0 Å². The van der Waals surface area contributed by atoms with E-state index in [-0.39, 0.29) is 24.4 Å². The molecule has 1 heterocycles. The van der Waals surface area contributed by atoms with Gasteiger partial charge in [-0.3, -0.25) is 14.5 Å². The number of hydrogen-bond acceptors (Lipinski definition) is 7. The monoisotopic (exact) mass is 628 g/mol. The fraction of sp³-hybridized carbons (Fsp3) is 0.517. The number of carboxylic acids is 2. The molecule has 0 spiro atoms. The second kappa shape index (κ2) is 17.1. The van der Waals surface area contributed by atoms with Gasteiger partial charge >= 0.3 is 18.1 Å². The molecule has 0 aromatic heterocycles. The Labute approximate surface area is 253 Å². The smallest absolute Gasteiger partial charge is 0.480 e. The van der Waals surface area contributed by atoms with Crippen LogP contribution in [0, 0.1) is 0 Å². The highest BCUT2D eigenvalue weighted by atomic mass is 32.2. The average molecular weight is 629 g/mol. The first-order chi connectivity index (χ1) is 20.2. The minimum atomic E-state index is -5.08. The summed E-state index contributed by atoms with van der Waals surface area (Å²) < 4.78 is 31.7. The zero-order valence-corrected chi connectivity index (χ0v) is 25.3. The molecular formula is C29H39F3N4O6S. The molecule has 0 saturated carbocycles. The number of hydrogen-bond donors (Lipinski definition) is 3. The number of carboxylic acid groups (broad SMARTS) is 2. The number of fused-ring (bicyclic) bond motifs is 1. The van der Waals surface area contributed by atoms with E-state index in [0.717, 1.165) is 35.7 Å². The lowest BCUT2D eigenvalue weighted by atomic mass is 10.0. The summed E-state index contributed by atoms with van der Waals surface area (Å²) in [5.41, 5.74) is 1.10. The van der Waals surface area contributed by atoms with E-state index in [1.165, 1.54) is 0 Å². The summed E-state index contributed by atoms with van der Waals surface area (Å²) in [5, 5.41) is 21.6. The summed E-state index contributed by atoms with van der Waals surface area (Å²) in [6, 6.07) is 13.4. The number of likely N-dealkylation sites (tertiary alicyclic amines) is 1. The molecule has 2 aromatic rings. The first kappa shape index (κ1) is 35.8. The van der Waals surface area contributed by atoms with E-state index < -0.39 is 24.2 Å². The average Bonchev–Trinajstić information content (AvgIpc) is 3.38. The van der Waals surface area contributed by atoms with Gasteiger partial charge in [-0.2, -0.15) is 24.9 Å². The van der Waals surface area contributed by atoms with Crippen molar-refractivity contribution in [2.45, 2.75) is 44.1 Å². The minimum Gasteiger partial charge on any atom is -0.480 e. The number of likely N-dealkylation sites (N-methyl/N-ethyl adjacent to an activating group) is 1. The normalized spacial score (nSPS) is 15.7. The van der Waals surface area contributed by atoms with Crippen molar-refractivity contribution in [2.24, 2.45) is 0 Å². The van der Waals surface area contributed by atoms with Crippen LogP contribution in [-0.4, -0.2) is 119 Å². The van der Waals surface area contributed by atoms with Crippen LogP contribution in [0.4, 0.5) is 13.2 Å². The third-order valence-corrected chi connectivity index (χ3v) is 7.39. The zero-order valence-electron chi connectivity index (χ0n) is 24.5. The van der Waals surface area contributed by atoms with E-state index in [2.05, 4.69) is 34.5 Å². The van der Waals surface area contributed by atoms with Gasteiger partial charge < -0.3 is 25.3 Å². The molecule has 238 valence electrons. The molecule has 1 aliphatic heterocycles. The second-order valence-corrected chi connectivity index (χ2v) is 11.5. The second-order valence-electron chi connectivity index (χ2n) is 10.5. The number of benzene rings is 2. The molecule has 43 heavy (non-hydrogen) atoms. The molecule has 0 unspecified atom stereocenters. The van der Waals surface area contributed by atoms with Crippen LogP contribution in [0.15, 0.2) is 42.5 Å². The third-order valence-electron chi connectivity index (χ3n) is 6.75. The summed E-state index contributed by atoms with van der Waals surface area (Å²) >= 11 is 1.55. The summed E-state index contributed by atoms with van der Waals surface area (Å²) in [5.74, 6) is -3.34. The molecule has 1 aliphatic rings. The number of rotatable bonds is 13. The summed E-state index contributed by atoms with van der Waals surface area (Å²) in [4.78, 5) is 52.3. The van der Waals surface area contributed by atoms with Gasteiger partial charge in [0.2, 0.25) is 11.8 Å². The maximum Gasteiger partial charge on any atom is 0.490 e. The fourth-order valence-corrected chi connectivity index (χ4v) is 5.28. The van der Waals surface area contributed by atoms with Crippen LogP contribution in [-0.2, 0) is 25.7 Å². The van der Waals surface area contributed by atoms with Crippen molar-refractivity contribution in [1.29, 1.82) is 0 Å². The third kappa shape index (κ3) is 12.0. The van der Waals surface area contributed by atoms with Gasteiger partial charge in [0, 0.05) is 25.7 Å². The van der Waals surface area contributed by atoms with E-state index in [0.29, 0.717) is 31.8 Å². The van der Waals surface area contributed by atoms with Crippen LogP contribution < -0.4 is 5.32 Å². The molecule has 2 amide bonds. The van der Waals surface area contributed by atoms with E-state index in [9.17, 15) is 32.7 Å². The summed E-state index contributed by atoms with van der Waals surface area (Å²) in [6.07, 6.45) is -0.967. The molecule has 0 bridgehead atoms. The Morgan fingerprint density at radius 1 is 1.07 bits per heavy atom. The molecule has 3 N–H and O–H groups in total. The van der Waals surface area contributed by atoms with Crippen LogP contribution in [0.5, 0.6) is 0 Å². The highest BCUT2D eigenvalue weighted by Crippen LogP contribution is 2.23. The predicted octanol–water partition coefficient (Wildman–Crippen LogP) is 3.15. The summed E-state index contributed by atoms with van der Waals surface area (Å²) in [6.45, 7) is 2.23. The van der Waals surface area contributed by atoms with Crippen LogP contribution in [0.25, 0.3) is 10.8 Å². The van der Waals surface area contributed by atoms with Gasteiger partial charge in [0.25, 0.3) is 0 Å². The predicted molar refractivity (Wildman–Crippen MR) is 159 cm³/mol. The van der Waals surface area contributed by atoms with Crippen molar-refractivity contribution in [3.05, 3.63) is 48.0 Å². The van der Waals surface area contributed by atoms with E-state index in [1.807, 2.05) is 48.4 Å². The Morgan fingerprint density at radius 3 is 2.33 bits per heavy atom. The van der Waals surface area contributed by atoms with Crippen molar-refractivity contribution in [2.75, 3.05) is 52.3 Å². The Kier molecular flexibility index (Phi) is 14.2. The first-order valence-corrected chi connectivity index (χ1v) is 15.1. The van der Waals surface area contributed by atoms with Gasteiger partial charge in [-0.25, -0.2) is 9.59 Å². The Balaban J connectivity index is 0.000000821. The molecule has 0 radical (unpaired) electrons. The molecule has 3 rings (SSSR count). The topological polar surface area (TPSA) is 130 Å². The van der Waals surface area contributed by atoms with Crippen LogP contribution in [0.3, 0.4) is 0 Å². The number of carbonyl (C=O) groups is 4. The number of aliphatic carboxylic acids is 2. The maximum atomic E-state index is 13.0. The van der Waals surface area contributed by atoms with Crippen LogP contribution in [0.1, 0.15) is 24.8 Å². The molecule has 2 aromatic carbocycles. The zero-order chi connectivity index (χ0) is 32.2. The Morgan fingerprint density at radius 2 is 1.72 bits per heavy atom. The highest BCUT2D eigenvalue weighted by Gasteiger charge is 2.38. The number of carbonyl (C=O) groups excluding carboxylic acids is 2. The van der Waals surface area contributed by atoms with Crippen molar-refractivity contribution in [3.8, 4) is 0 Å². The summed E-state index contributed by atoms with van der Waals surface area (Å²) in [7, 11) is 3.77. The fourth-order valence-electron chi connectivity index (χ4n) is 4.81. The molecule has 1 fully saturated rings. The lowest BCUT2D eigenvalue weighted by molar-refractivity contribution is -0.192. The van der Waals surface area contributed by atoms with Crippen molar-refractivity contribution >= 4 is 46.3 Å². The van der Waals surface area contributed by atoms with Gasteiger partial charge in [-0.15, -0.1) is 0 Å². The van der Waals surface area contributed by atoms with E-state index >= 15 is 0 Å². The van der Waals surface area contributed by atoms with Gasteiger partial charge in [0.05, 0.1) is 13.1 Å². The number of halogens is 3. The lowest BCUT2D eigenvalue weighted by Crippen LogP contribution is -2.49. The lowest BCUT2D eigenvalue weighted by Gasteiger charge is -2.32. The maximum absolute atomic E-state index is 13.0.